The Morgan fingerprint density at radius 2 is 2.13 bits per heavy atom. The summed E-state index contributed by atoms with van der Waals surface area (Å²) >= 11 is 0. The van der Waals surface area contributed by atoms with Crippen LogP contribution < -0.4 is 9.80 Å². The Bertz CT molecular complexity index is 669. The van der Waals surface area contributed by atoms with Gasteiger partial charge in [-0.15, -0.1) is 0 Å². The number of carboxylic acid groups (broad SMARTS) is 1. The first kappa shape index (κ1) is 15.6. The van der Waals surface area contributed by atoms with Gasteiger partial charge in [0.1, 0.15) is 5.82 Å². The molecule has 5 heteroatoms. The maximum atomic E-state index is 13.8. The summed E-state index contributed by atoms with van der Waals surface area (Å²) < 4.78 is 13.8. The molecule has 1 aromatic carbocycles. The van der Waals surface area contributed by atoms with Crippen LogP contribution in [0.5, 0.6) is 0 Å². The SMILES string of the molecule is CC1CCCCN1c1ccc(F)cc1N1C=CC(C(=O)O)=CC1. The molecule has 23 heavy (non-hydrogen) atoms. The van der Waals surface area contributed by atoms with E-state index in [0.29, 0.717) is 12.6 Å². The maximum Gasteiger partial charge on any atom is 0.335 e. The zero-order valence-corrected chi connectivity index (χ0v) is 13.2. The van der Waals surface area contributed by atoms with E-state index < -0.39 is 5.97 Å². The quantitative estimate of drug-likeness (QED) is 0.926. The predicted octanol–water partition coefficient (Wildman–Crippen LogP) is 3.55. The van der Waals surface area contributed by atoms with Gasteiger partial charge in [-0.25, -0.2) is 9.18 Å². The summed E-state index contributed by atoms with van der Waals surface area (Å²) in [6.45, 7) is 3.59. The average molecular weight is 316 g/mol. The number of rotatable bonds is 3. The normalized spacial score (nSPS) is 21.3. The molecule has 0 aliphatic carbocycles. The number of anilines is 2. The molecule has 4 nitrogen and oxygen atoms in total. The van der Waals surface area contributed by atoms with Crippen molar-refractivity contribution in [3.05, 3.63) is 47.9 Å². The van der Waals surface area contributed by atoms with E-state index in [1.165, 1.54) is 18.6 Å². The molecule has 0 saturated carbocycles. The van der Waals surface area contributed by atoms with Crippen molar-refractivity contribution in [2.24, 2.45) is 0 Å². The Kier molecular flexibility index (Phi) is 4.37. The molecular weight excluding hydrogens is 295 g/mol. The third-order valence-corrected chi connectivity index (χ3v) is 4.55. The summed E-state index contributed by atoms with van der Waals surface area (Å²) in [7, 11) is 0. The topological polar surface area (TPSA) is 43.8 Å². The standard InChI is InChI=1S/C18H21FN2O2/c1-13-4-2-3-9-21(13)16-6-5-15(19)12-17(16)20-10-7-14(8-11-20)18(22)23/h5-8,10,12-13H,2-4,9,11H2,1H3,(H,22,23). The van der Waals surface area contributed by atoms with Gasteiger partial charge in [0.15, 0.2) is 0 Å². The van der Waals surface area contributed by atoms with E-state index in [-0.39, 0.29) is 11.4 Å². The molecule has 2 aliphatic heterocycles. The third kappa shape index (κ3) is 3.23. The lowest BCUT2D eigenvalue weighted by Crippen LogP contribution is -2.38. The molecular formula is C18H21FN2O2. The molecule has 2 aliphatic rings. The second kappa shape index (κ2) is 6.44. The predicted molar refractivity (Wildman–Crippen MR) is 89.3 cm³/mol. The summed E-state index contributed by atoms with van der Waals surface area (Å²) in [6.07, 6.45) is 8.42. The van der Waals surface area contributed by atoms with Gasteiger partial charge in [-0.3, -0.25) is 0 Å². The Morgan fingerprint density at radius 3 is 2.78 bits per heavy atom. The van der Waals surface area contributed by atoms with Crippen molar-refractivity contribution in [2.45, 2.75) is 32.2 Å². The van der Waals surface area contributed by atoms with Crippen molar-refractivity contribution in [1.82, 2.24) is 0 Å². The molecule has 3 rings (SSSR count). The monoisotopic (exact) mass is 316 g/mol. The Labute approximate surface area is 135 Å². The minimum Gasteiger partial charge on any atom is -0.478 e. The molecule has 2 heterocycles. The van der Waals surface area contributed by atoms with Gasteiger partial charge in [-0.1, -0.05) is 6.08 Å². The van der Waals surface area contributed by atoms with Crippen LogP contribution in [-0.2, 0) is 4.79 Å². The number of carbonyl (C=O) groups is 1. The van der Waals surface area contributed by atoms with E-state index in [9.17, 15) is 9.18 Å². The molecule has 0 spiro atoms. The average Bonchev–Trinajstić information content (AvgIpc) is 2.56. The van der Waals surface area contributed by atoms with Crippen molar-refractivity contribution < 1.29 is 14.3 Å². The highest BCUT2D eigenvalue weighted by Gasteiger charge is 2.23. The first-order valence-corrected chi connectivity index (χ1v) is 8.01. The number of carboxylic acids is 1. The molecule has 1 N–H and O–H groups in total. The zero-order valence-electron chi connectivity index (χ0n) is 13.2. The van der Waals surface area contributed by atoms with E-state index in [1.54, 1.807) is 18.4 Å². The Morgan fingerprint density at radius 1 is 1.30 bits per heavy atom. The summed E-state index contributed by atoms with van der Waals surface area (Å²) in [5.41, 5.74) is 2.07. The molecule has 1 aromatic rings. The highest BCUT2D eigenvalue weighted by Crippen LogP contribution is 2.35. The first-order chi connectivity index (χ1) is 11.1. The maximum absolute atomic E-state index is 13.8. The lowest BCUT2D eigenvalue weighted by atomic mass is 10.0. The van der Waals surface area contributed by atoms with Crippen LogP contribution in [0.3, 0.4) is 0 Å². The summed E-state index contributed by atoms with van der Waals surface area (Å²) in [5, 5.41) is 9.03. The Balaban J connectivity index is 1.92. The smallest absolute Gasteiger partial charge is 0.335 e. The molecule has 1 unspecified atom stereocenters. The third-order valence-electron chi connectivity index (χ3n) is 4.55. The fourth-order valence-corrected chi connectivity index (χ4v) is 3.26. The van der Waals surface area contributed by atoms with Gasteiger partial charge in [0, 0.05) is 25.3 Å². The number of piperidine rings is 1. The van der Waals surface area contributed by atoms with Gasteiger partial charge in [0.25, 0.3) is 0 Å². The number of hydrogen-bond donors (Lipinski definition) is 1. The summed E-state index contributed by atoms with van der Waals surface area (Å²) in [6, 6.07) is 5.27. The molecule has 0 aromatic heterocycles. The van der Waals surface area contributed by atoms with Crippen LogP contribution in [0, 0.1) is 5.82 Å². The van der Waals surface area contributed by atoms with Crippen molar-refractivity contribution in [3.8, 4) is 0 Å². The number of hydrogen-bond acceptors (Lipinski definition) is 3. The van der Waals surface area contributed by atoms with Gasteiger partial charge < -0.3 is 14.9 Å². The summed E-state index contributed by atoms with van der Waals surface area (Å²) in [5.74, 6) is -1.22. The Hall–Kier alpha value is -2.30. The van der Waals surface area contributed by atoms with Gasteiger partial charge in [0.2, 0.25) is 0 Å². The van der Waals surface area contributed by atoms with Gasteiger partial charge >= 0.3 is 5.97 Å². The first-order valence-electron chi connectivity index (χ1n) is 8.01. The zero-order chi connectivity index (χ0) is 16.4. The highest BCUT2D eigenvalue weighted by molar-refractivity contribution is 5.90. The van der Waals surface area contributed by atoms with Crippen LogP contribution >= 0.6 is 0 Å². The molecule has 122 valence electrons. The summed E-state index contributed by atoms with van der Waals surface area (Å²) in [4.78, 5) is 15.2. The van der Waals surface area contributed by atoms with E-state index in [1.807, 2.05) is 11.0 Å². The van der Waals surface area contributed by atoms with Crippen molar-refractivity contribution in [1.29, 1.82) is 0 Å². The molecule has 0 radical (unpaired) electrons. The number of nitrogens with zero attached hydrogens (tertiary/aromatic N) is 2. The van der Waals surface area contributed by atoms with Gasteiger partial charge in [0.05, 0.1) is 16.9 Å². The second-order valence-corrected chi connectivity index (χ2v) is 6.10. The second-order valence-electron chi connectivity index (χ2n) is 6.10. The molecule has 1 fully saturated rings. The minimum atomic E-state index is -0.940. The van der Waals surface area contributed by atoms with Crippen LogP contribution in [0.1, 0.15) is 26.2 Å². The molecule has 0 bridgehead atoms. The van der Waals surface area contributed by atoms with E-state index in [4.69, 9.17) is 5.11 Å². The van der Waals surface area contributed by atoms with Crippen LogP contribution in [0.2, 0.25) is 0 Å². The van der Waals surface area contributed by atoms with E-state index in [0.717, 1.165) is 30.8 Å². The minimum absolute atomic E-state index is 0.269. The fourth-order valence-electron chi connectivity index (χ4n) is 3.26. The molecule has 1 saturated heterocycles. The fraction of sp³-hybridized carbons (Fsp3) is 0.389. The van der Waals surface area contributed by atoms with Crippen molar-refractivity contribution in [3.63, 3.8) is 0 Å². The molecule has 1 atom stereocenters. The number of halogens is 1. The van der Waals surface area contributed by atoms with Crippen LogP contribution in [0.25, 0.3) is 0 Å². The highest BCUT2D eigenvalue weighted by atomic mass is 19.1. The van der Waals surface area contributed by atoms with E-state index >= 15 is 0 Å². The van der Waals surface area contributed by atoms with E-state index in [2.05, 4.69) is 11.8 Å². The van der Waals surface area contributed by atoms with Gasteiger partial charge in [-0.2, -0.15) is 0 Å². The lowest BCUT2D eigenvalue weighted by Gasteiger charge is -2.38. The van der Waals surface area contributed by atoms with Crippen LogP contribution in [0.15, 0.2) is 42.1 Å². The lowest BCUT2D eigenvalue weighted by molar-refractivity contribution is -0.132. The number of benzene rings is 1. The number of aliphatic carboxylic acids is 1. The van der Waals surface area contributed by atoms with Crippen LogP contribution in [0.4, 0.5) is 15.8 Å². The van der Waals surface area contributed by atoms with Gasteiger partial charge in [-0.05, 0) is 50.5 Å². The van der Waals surface area contributed by atoms with Crippen molar-refractivity contribution in [2.75, 3.05) is 22.9 Å². The van der Waals surface area contributed by atoms with Crippen LogP contribution in [-0.4, -0.2) is 30.2 Å². The van der Waals surface area contributed by atoms with Crippen molar-refractivity contribution >= 4 is 17.3 Å². The molecule has 0 amide bonds. The largest absolute Gasteiger partial charge is 0.478 e.